The number of amides is 1. The summed E-state index contributed by atoms with van der Waals surface area (Å²) in [6, 6.07) is -1.25. The van der Waals surface area contributed by atoms with Crippen molar-refractivity contribution in [3.05, 3.63) is 10.1 Å². The van der Waals surface area contributed by atoms with Crippen molar-refractivity contribution < 1.29 is 9.72 Å². The molecule has 0 aromatic carbocycles. The van der Waals surface area contributed by atoms with Crippen LogP contribution in [0.25, 0.3) is 0 Å². The van der Waals surface area contributed by atoms with E-state index < -0.39 is 16.9 Å². The molecule has 0 aromatic heterocycles. The quantitative estimate of drug-likeness (QED) is 0.440. The number of carbonyl (C=O) groups excluding carboxylic acids is 1. The number of hydrogen-bond acceptors (Lipinski definition) is 3. The molecule has 1 atom stereocenters. The number of carbonyl (C=O) groups is 1. The van der Waals surface area contributed by atoms with Crippen molar-refractivity contribution in [2.45, 2.75) is 19.9 Å². The molecule has 5 nitrogen and oxygen atoms in total. The second-order valence-electron chi connectivity index (χ2n) is 2.38. The Morgan fingerprint density at radius 2 is 2.00 bits per heavy atom. The summed E-state index contributed by atoms with van der Waals surface area (Å²) in [5.41, 5.74) is 4.76. The minimum Gasteiger partial charge on any atom is -0.364 e. The van der Waals surface area contributed by atoms with Crippen LogP contribution in [-0.2, 0) is 4.79 Å². The van der Waals surface area contributed by atoms with Crippen LogP contribution < -0.4 is 5.73 Å². The van der Waals surface area contributed by atoms with E-state index in [2.05, 4.69) is 0 Å². The molecule has 1 amide bonds. The van der Waals surface area contributed by atoms with Crippen molar-refractivity contribution in [3.63, 3.8) is 0 Å². The molecule has 0 bridgehead atoms. The largest absolute Gasteiger partial charge is 0.364 e. The van der Waals surface area contributed by atoms with Crippen LogP contribution in [-0.4, -0.2) is 16.9 Å². The molecule has 0 fully saturated rings. The van der Waals surface area contributed by atoms with Gasteiger partial charge in [0, 0.05) is 10.8 Å². The van der Waals surface area contributed by atoms with Crippen molar-refractivity contribution in [1.29, 1.82) is 0 Å². The standard InChI is InChI=1S/C5H10N2O3/c1-3(2)4(5(6)8)7(9)10/h3-4H,1-2H3,(H2,6,8). The normalized spacial score (nSPS) is 13.1. The molecular weight excluding hydrogens is 136 g/mol. The molecule has 0 spiro atoms. The number of nitrogens with zero attached hydrogens (tertiary/aromatic N) is 1. The van der Waals surface area contributed by atoms with Gasteiger partial charge in [-0.2, -0.15) is 0 Å². The molecule has 0 aliphatic carbocycles. The molecule has 5 heteroatoms. The summed E-state index contributed by atoms with van der Waals surface area (Å²) in [6.07, 6.45) is 0. The highest BCUT2D eigenvalue weighted by Crippen LogP contribution is 2.03. The Hall–Kier alpha value is -1.13. The van der Waals surface area contributed by atoms with Gasteiger partial charge in [0.2, 0.25) is 0 Å². The van der Waals surface area contributed by atoms with Gasteiger partial charge in [-0.3, -0.25) is 14.9 Å². The van der Waals surface area contributed by atoms with E-state index in [1.165, 1.54) is 0 Å². The summed E-state index contributed by atoms with van der Waals surface area (Å²) in [4.78, 5) is 19.8. The zero-order chi connectivity index (χ0) is 8.31. The van der Waals surface area contributed by atoms with Crippen LogP contribution in [0.3, 0.4) is 0 Å². The van der Waals surface area contributed by atoms with Crippen LogP contribution in [0.1, 0.15) is 13.8 Å². The van der Waals surface area contributed by atoms with Crippen LogP contribution >= 0.6 is 0 Å². The van der Waals surface area contributed by atoms with Crippen molar-refractivity contribution in [2.75, 3.05) is 0 Å². The van der Waals surface area contributed by atoms with Crippen LogP contribution in [0.15, 0.2) is 0 Å². The van der Waals surface area contributed by atoms with E-state index >= 15 is 0 Å². The molecule has 2 N–H and O–H groups in total. The van der Waals surface area contributed by atoms with Gasteiger partial charge in [0.1, 0.15) is 0 Å². The average Bonchev–Trinajstić information content (AvgIpc) is 1.59. The second-order valence-corrected chi connectivity index (χ2v) is 2.38. The first-order valence-corrected chi connectivity index (χ1v) is 2.89. The molecular formula is C5H10N2O3. The average molecular weight is 146 g/mol. The zero-order valence-electron chi connectivity index (χ0n) is 5.90. The molecule has 0 aliphatic rings. The molecule has 0 heterocycles. The van der Waals surface area contributed by atoms with Gasteiger partial charge in [-0.15, -0.1) is 0 Å². The summed E-state index contributed by atoms with van der Waals surface area (Å²) in [6.45, 7) is 3.16. The summed E-state index contributed by atoms with van der Waals surface area (Å²) in [7, 11) is 0. The maximum atomic E-state index is 10.4. The topological polar surface area (TPSA) is 86.2 Å². The van der Waals surface area contributed by atoms with E-state index in [0.717, 1.165) is 0 Å². The van der Waals surface area contributed by atoms with Crippen molar-refractivity contribution >= 4 is 5.91 Å². The van der Waals surface area contributed by atoms with Crippen molar-refractivity contribution in [2.24, 2.45) is 11.7 Å². The van der Waals surface area contributed by atoms with Crippen LogP contribution in [0.4, 0.5) is 0 Å². The Morgan fingerprint density at radius 3 is 2.00 bits per heavy atom. The van der Waals surface area contributed by atoms with Gasteiger partial charge in [0.05, 0.1) is 0 Å². The zero-order valence-corrected chi connectivity index (χ0v) is 5.90. The van der Waals surface area contributed by atoms with Crippen molar-refractivity contribution in [3.8, 4) is 0 Å². The fraction of sp³-hybridized carbons (Fsp3) is 0.800. The van der Waals surface area contributed by atoms with Gasteiger partial charge in [-0.05, 0) is 0 Å². The minimum absolute atomic E-state index is 0.340. The maximum absolute atomic E-state index is 10.4. The highest BCUT2D eigenvalue weighted by atomic mass is 16.6. The number of primary amides is 1. The number of hydrogen-bond donors (Lipinski definition) is 1. The molecule has 1 unspecified atom stereocenters. The SMILES string of the molecule is CC(C)C(C(N)=O)[N+](=O)[O-]. The summed E-state index contributed by atoms with van der Waals surface area (Å²) >= 11 is 0. The molecule has 0 radical (unpaired) electrons. The maximum Gasteiger partial charge on any atom is 0.292 e. The number of rotatable bonds is 3. The first-order valence-electron chi connectivity index (χ1n) is 2.89. The Labute approximate surface area is 58.4 Å². The highest BCUT2D eigenvalue weighted by Gasteiger charge is 2.30. The van der Waals surface area contributed by atoms with Gasteiger partial charge in [0.15, 0.2) is 0 Å². The number of nitrogens with two attached hydrogens (primary N) is 1. The monoisotopic (exact) mass is 146 g/mol. The molecule has 58 valence electrons. The lowest BCUT2D eigenvalue weighted by Gasteiger charge is -2.07. The third-order valence-corrected chi connectivity index (χ3v) is 1.15. The van der Waals surface area contributed by atoms with Gasteiger partial charge < -0.3 is 5.73 Å². The first-order chi connectivity index (χ1) is 4.46. The van der Waals surface area contributed by atoms with Gasteiger partial charge in [-0.25, -0.2) is 0 Å². The van der Waals surface area contributed by atoms with E-state index in [-0.39, 0.29) is 5.92 Å². The lowest BCUT2D eigenvalue weighted by atomic mass is 10.1. The molecule has 10 heavy (non-hydrogen) atoms. The fourth-order valence-electron chi connectivity index (χ4n) is 0.676. The molecule has 0 saturated carbocycles. The summed E-state index contributed by atoms with van der Waals surface area (Å²) in [5.74, 6) is -1.22. The van der Waals surface area contributed by atoms with E-state index in [0.29, 0.717) is 0 Å². The smallest absolute Gasteiger partial charge is 0.292 e. The van der Waals surface area contributed by atoms with E-state index in [4.69, 9.17) is 5.73 Å². The summed E-state index contributed by atoms with van der Waals surface area (Å²) < 4.78 is 0. The van der Waals surface area contributed by atoms with E-state index in [1.54, 1.807) is 13.8 Å². The van der Waals surface area contributed by atoms with Crippen LogP contribution in [0, 0.1) is 16.0 Å². The molecule has 0 rings (SSSR count). The molecule has 0 saturated heterocycles. The van der Waals surface area contributed by atoms with Gasteiger partial charge >= 0.3 is 0 Å². The molecule has 0 aromatic rings. The highest BCUT2D eigenvalue weighted by molar-refractivity contribution is 5.78. The third-order valence-electron chi connectivity index (χ3n) is 1.15. The van der Waals surface area contributed by atoms with Crippen LogP contribution in [0.2, 0.25) is 0 Å². The Bertz CT molecular complexity index is 141. The lowest BCUT2D eigenvalue weighted by molar-refractivity contribution is -0.515. The summed E-state index contributed by atoms with van der Waals surface area (Å²) in [5, 5.41) is 10.1. The van der Waals surface area contributed by atoms with Crippen LogP contribution in [0.5, 0.6) is 0 Å². The van der Waals surface area contributed by atoms with Gasteiger partial charge in [0.25, 0.3) is 11.9 Å². The van der Waals surface area contributed by atoms with E-state index in [1.807, 2.05) is 0 Å². The third kappa shape index (κ3) is 2.00. The predicted octanol–water partition coefficient (Wildman–Crippen LogP) is -0.227. The second kappa shape index (κ2) is 3.14. The lowest BCUT2D eigenvalue weighted by Crippen LogP contribution is -2.39. The van der Waals surface area contributed by atoms with Gasteiger partial charge in [-0.1, -0.05) is 13.8 Å². The number of nitro groups is 1. The molecule has 0 aliphatic heterocycles. The van der Waals surface area contributed by atoms with Crippen molar-refractivity contribution in [1.82, 2.24) is 0 Å². The Morgan fingerprint density at radius 1 is 1.60 bits per heavy atom. The minimum atomic E-state index is -1.25. The van der Waals surface area contributed by atoms with E-state index in [9.17, 15) is 14.9 Å². The predicted molar refractivity (Wildman–Crippen MR) is 34.8 cm³/mol. The first kappa shape index (κ1) is 8.87. The Balaban J connectivity index is 4.27. The Kier molecular flexibility index (Phi) is 2.79. The fourth-order valence-corrected chi connectivity index (χ4v) is 0.676.